The largest absolute Gasteiger partial charge is 0.316 e. The predicted molar refractivity (Wildman–Crippen MR) is 76.5 cm³/mol. The van der Waals surface area contributed by atoms with Gasteiger partial charge in [-0.3, -0.25) is 4.98 Å². The first-order chi connectivity index (χ1) is 8.83. The van der Waals surface area contributed by atoms with E-state index in [1.807, 2.05) is 18.5 Å². The Morgan fingerprint density at radius 1 is 1.33 bits per heavy atom. The second-order valence-electron chi connectivity index (χ2n) is 5.65. The van der Waals surface area contributed by atoms with Crippen molar-refractivity contribution in [2.24, 2.45) is 11.8 Å². The van der Waals surface area contributed by atoms with E-state index < -0.39 is 0 Å². The maximum absolute atomic E-state index is 4.21. The van der Waals surface area contributed by atoms with E-state index in [0.29, 0.717) is 6.04 Å². The molecular formula is C16H26N2. The minimum atomic E-state index is 0.618. The Balaban J connectivity index is 1.89. The lowest BCUT2D eigenvalue weighted by Gasteiger charge is -2.33. The molecule has 1 heterocycles. The average molecular weight is 246 g/mol. The molecule has 1 fully saturated rings. The summed E-state index contributed by atoms with van der Waals surface area (Å²) in [6, 6.07) is 4.84. The van der Waals surface area contributed by atoms with Crippen LogP contribution in [0.3, 0.4) is 0 Å². The van der Waals surface area contributed by atoms with E-state index in [0.717, 1.165) is 18.3 Å². The zero-order valence-corrected chi connectivity index (χ0v) is 11.7. The number of likely N-dealkylation sites (N-methyl/N-ethyl adjacent to an activating group) is 1. The number of hydrogen-bond acceptors (Lipinski definition) is 2. The molecule has 1 aromatic heterocycles. The summed E-state index contributed by atoms with van der Waals surface area (Å²) in [6.45, 7) is 2.33. The van der Waals surface area contributed by atoms with Crippen LogP contribution >= 0.6 is 0 Å². The monoisotopic (exact) mass is 246 g/mol. The highest BCUT2D eigenvalue weighted by atomic mass is 14.9. The molecule has 2 nitrogen and oxygen atoms in total. The molecule has 1 unspecified atom stereocenters. The summed E-state index contributed by atoms with van der Waals surface area (Å²) >= 11 is 0. The second-order valence-corrected chi connectivity index (χ2v) is 5.65. The summed E-state index contributed by atoms with van der Waals surface area (Å²) < 4.78 is 0. The van der Waals surface area contributed by atoms with E-state index in [4.69, 9.17) is 0 Å². The minimum absolute atomic E-state index is 0.618. The van der Waals surface area contributed by atoms with Crippen LogP contribution in [0.15, 0.2) is 24.5 Å². The third-order valence-corrected chi connectivity index (χ3v) is 4.59. The van der Waals surface area contributed by atoms with Crippen LogP contribution in [0, 0.1) is 11.8 Å². The summed E-state index contributed by atoms with van der Waals surface area (Å²) in [5.41, 5.74) is 1.36. The van der Waals surface area contributed by atoms with Crippen LogP contribution in [0.4, 0.5) is 0 Å². The molecule has 1 N–H and O–H groups in total. The normalized spacial score (nSPS) is 25.9. The van der Waals surface area contributed by atoms with Gasteiger partial charge in [-0.1, -0.05) is 32.3 Å². The fraction of sp³-hybridized carbons (Fsp3) is 0.688. The number of rotatable bonds is 5. The quantitative estimate of drug-likeness (QED) is 0.861. The standard InChI is InChI=1S/C16H26N2/c1-3-13-6-8-15(9-7-13)16(17-2)11-14-5-4-10-18-12-14/h4-5,10,12-13,15-17H,3,6-9,11H2,1-2H3. The topological polar surface area (TPSA) is 24.9 Å². The Hall–Kier alpha value is -0.890. The van der Waals surface area contributed by atoms with E-state index in [9.17, 15) is 0 Å². The molecule has 0 aromatic carbocycles. The fourth-order valence-corrected chi connectivity index (χ4v) is 3.28. The van der Waals surface area contributed by atoms with Crippen molar-refractivity contribution >= 4 is 0 Å². The van der Waals surface area contributed by atoms with Gasteiger partial charge < -0.3 is 5.32 Å². The smallest absolute Gasteiger partial charge is 0.0300 e. The first-order valence-corrected chi connectivity index (χ1v) is 7.39. The third-order valence-electron chi connectivity index (χ3n) is 4.59. The average Bonchev–Trinajstić information content (AvgIpc) is 2.46. The van der Waals surface area contributed by atoms with Crippen molar-refractivity contribution < 1.29 is 0 Å². The van der Waals surface area contributed by atoms with Crippen molar-refractivity contribution in [1.82, 2.24) is 10.3 Å². The van der Waals surface area contributed by atoms with Crippen LogP contribution in [0.5, 0.6) is 0 Å². The van der Waals surface area contributed by atoms with Gasteiger partial charge in [0.15, 0.2) is 0 Å². The summed E-state index contributed by atoms with van der Waals surface area (Å²) in [6.07, 6.45) is 12.0. The molecule has 0 aliphatic heterocycles. The van der Waals surface area contributed by atoms with Crippen LogP contribution in [-0.2, 0) is 6.42 Å². The molecule has 1 saturated carbocycles. The Kier molecular flexibility index (Phi) is 5.18. The minimum Gasteiger partial charge on any atom is -0.316 e. The van der Waals surface area contributed by atoms with Crippen molar-refractivity contribution in [1.29, 1.82) is 0 Å². The van der Waals surface area contributed by atoms with Crippen molar-refractivity contribution in [2.75, 3.05) is 7.05 Å². The van der Waals surface area contributed by atoms with Gasteiger partial charge in [-0.05, 0) is 49.8 Å². The first-order valence-electron chi connectivity index (χ1n) is 7.39. The molecule has 0 saturated heterocycles. The number of pyridine rings is 1. The lowest BCUT2D eigenvalue weighted by atomic mass is 9.76. The van der Waals surface area contributed by atoms with Gasteiger partial charge in [-0.15, -0.1) is 0 Å². The zero-order valence-electron chi connectivity index (χ0n) is 11.7. The molecule has 2 heteroatoms. The van der Waals surface area contributed by atoms with Crippen molar-refractivity contribution in [2.45, 2.75) is 51.5 Å². The third kappa shape index (κ3) is 3.55. The number of hydrogen-bond donors (Lipinski definition) is 1. The molecule has 0 radical (unpaired) electrons. The second kappa shape index (κ2) is 6.89. The van der Waals surface area contributed by atoms with Gasteiger partial charge in [0, 0.05) is 18.4 Å². The highest BCUT2D eigenvalue weighted by Crippen LogP contribution is 2.33. The Bertz CT molecular complexity index is 328. The lowest BCUT2D eigenvalue weighted by molar-refractivity contribution is 0.222. The maximum atomic E-state index is 4.21. The highest BCUT2D eigenvalue weighted by molar-refractivity contribution is 5.10. The molecule has 100 valence electrons. The van der Waals surface area contributed by atoms with Crippen molar-refractivity contribution in [3.05, 3.63) is 30.1 Å². The van der Waals surface area contributed by atoms with Crippen LogP contribution in [0.1, 0.15) is 44.6 Å². The maximum Gasteiger partial charge on any atom is 0.0300 e. The van der Waals surface area contributed by atoms with Gasteiger partial charge in [0.2, 0.25) is 0 Å². The van der Waals surface area contributed by atoms with Gasteiger partial charge >= 0.3 is 0 Å². The molecular weight excluding hydrogens is 220 g/mol. The van der Waals surface area contributed by atoms with Crippen LogP contribution in [0.25, 0.3) is 0 Å². The summed E-state index contributed by atoms with van der Waals surface area (Å²) in [5.74, 6) is 1.83. The molecule has 1 aromatic rings. The van der Waals surface area contributed by atoms with Gasteiger partial charge in [-0.25, -0.2) is 0 Å². The lowest BCUT2D eigenvalue weighted by Crippen LogP contribution is -2.37. The van der Waals surface area contributed by atoms with Gasteiger partial charge in [-0.2, -0.15) is 0 Å². The van der Waals surface area contributed by atoms with E-state index in [1.54, 1.807) is 0 Å². The predicted octanol–water partition coefficient (Wildman–Crippen LogP) is 3.43. The molecule has 1 atom stereocenters. The SMILES string of the molecule is CCC1CCC(C(Cc2cccnc2)NC)CC1. The van der Waals surface area contributed by atoms with Gasteiger partial charge in [0.05, 0.1) is 0 Å². The Morgan fingerprint density at radius 2 is 2.11 bits per heavy atom. The Morgan fingerprint density at radius 3 is 2.67 bits per heavy atom. The van der Waals surface area contributed by atoms with E-state index in [1.165, 1.54) is 37.7 Å². The van der Waals surface area contributed by atoms with Crippen molar-refractivity contribution in [3.63, 3.8) is 0 Å². The van der Waals surface area contributed by atoms with E-state index >= 15 is 0 Å². The van der Waals surface area contributed by atoms with Gasteiger partial charge in [0.25, 0.3) is 0 Å². The molecule has 1 aliphatic carbocycles. The summed E-state index contributed by atoms with van der Waals surface area (Å²) in [7, 11) is 2.10. The van der Waals surface area contributed by atoms with Crippen LogP contribution in [-0.4, -0.2) is 18.1 Å². The zero-order chi connectivity index (χ0) is 12.8. The van der Waals surface area contributed by atoms with Crippen molar-refractivity contribution in [3.8, 4) is 0 Å². The molecule has 1 aliphatic rings. The molecule has 0 spiro atoms. The summed E-state index contributed by atoms with van der Waals surface area (Å²) in [4.78, 5) is 4.21. The molecule has 18 heavy (non-hydrogen) atoms. The van der Waals surface area contributed by atoms with E-state index in [2.05, 4.69) is 30.3 Å². The van der Waals surface area contributed by atoms with Crippen LogP contribution < -0.4 is 5.32 Å². The number of aromatic nitrogens is 1. The van der Waals surface area contributed by atoms with Crippen LogP contribution in [0.2, 0.25) is 0 Å². The van der Waals surface area contributed by atoms with Gasteiger partial charge in [0.1, 0.15) is 0 Å². The summed E-state index contributed by atoms with van der Waals surface area (Å²) in [5, 5.41) is 3.53. The number of nitrogens with zero attached hydrogens (tertiary/aromatic N) is 1. The number of nitrogens with one attached hydrogen (secondary N) is 1. The fourth-order valence-electron chi connectivity index (χ4n) is 3.28. The first kappa shape index (κ1) is 13.5. The molecule has 0 amide bonds. The Labute approximate surface area is 111 Å². The van der Waals surface area contributed by atoms with E-state index in [-0.39, 0.29) is 0 Å². The molecule has 0 bridgehead atoms. The highest BCUT2D eigenvalue weighted by Gasteiger charge is 2.26. The molecule has 2 rings (SSSR count).